The molecule has 2 aromatic heterocycles. The van der Waals surface area contributed by atoms with E-state index in [9.17, 15) is 22.8 Å². The summed E-state index contributed by atoms with van der Waals surface area (Å²) in [5.74, 6) is -0.759. The Morgan fingerprint density at radius 2 is 1.91 bits per heavy atom. The number of aromatic nitrogens is 4. The molecule has 0 spiro atoms. The van der Waals surface area contributed by atoms with Gasteiger partial charge < -0.3 is 24.5 Å². The van der Waals surface area contributed by atoms with Gasteiger partial charge in [-0.15, -0.1) is 0 Å². The third-order valence-electron chi connectivity index (χ3n) is 4.94. The number of nitrogens with one attached hydrogen (secondary N) is 2. The smallest absolute Gasteiger partial charge is 0.416 e. The molecule has 0 radical (unpaired) electrons. The number of nitrogens with zero attached hydrogens (tertiary/aromatic N) is 3. The van der Waals surface area contributed by atoms with Crippen LogP contribution in [0.3, 0.4) is 0 Å². The van der Waals surface area contributed by atoms with E-state index in [4.69, 9.17) is 14.2 Å². The maximum absolute atomic E-state index is 13.2. The van der Waals surface area contributed by atoms with Gasteiger partial charge in [0.2, 0.25) is 0 Å². The number of anilines is 1. The first kappa shape index (κ1) is 23.6. The molecule has 0 aliphatic carbocycles. The summed E-state index contributed by atoms with van der Waals surface area (Å²) in [7, 11) is 2.94. The number of amides is 1. The lowest BCUT2D eigenvalue weighted by atomic mass is 10.1. The predicted octanol–water partition coefficient (Wildman–Crippen LogP) is 3.58. The van der Waals surface area contributed by atoms with Gasteiger partial charge in [0.25, 0.3) is 5.91 Å². The SMILES string of the molecule is COc1cc(OC)c2[nH]c(C(=O)OCC(=O)Nc3cc(C(F)(F)F)ccc3-n3cncn3)cc2c1. The number of rotatable bonds is 7. The normalized spacial score (nSPS) is 11.3. The highest BCUT2D eigenvalue weighted by Crippen LogP contribution is 2.33. The number of H-pyrrole nitrogens is 1. The van der Waals surface area contributed by atoms with E-state index in [0.717, 1.165) is 18.2 Å². The lowest BCUT2D eigenvalue weighted by Gasteiger charge is -2.14. The van der Waals surface area contributed by atoms with E-state index in [0.29, 0.717) is 22.4 Å². The molecule has 0 saturated heterocycles. The number of aromatic amines is 1. The molecule has 2 N–H and O–H groups in total. The molecule has 0 saturated carbocycles. The van der Waals surface area contributed by atoms with Crippen LogP contribution in [0.5, 0.6) is 11.5 Å². The van der Waals surface area contributed by atoms with Crippen molar-refractivity contribution in [1.82, 2.24) is 19.7 Å². The van der Waals surface area contributed by atoms with Gasteiger partial charge in [0, 0.05) is 11.5 Å². The fraction of sp³-hybridized carbons (Fsp3) is 0.182. The van der Waals surface area contributed by atoms with Crippen molar-refractivity contribution >= 4 is 28.5 Å². The van der Waals surface area contributed by atoms with E-state index in [1.54, 1.807) is 12.1 Å². The molecule has 2 heterocycles. The number of fused-ring (bicyclic) bond motifs is 1. The topological polar surface area (TPSA) is 120 Å². The fourth-order valence-electron chi connectivity index (χ4n) is 3.31. The Labute approximate surface area is 195 Å². The molecule has 35 heavy (non-hydrogen) atoms. The molecule has 0 fully saturated rings. The van der Waals surface area contributed by atoms with Crippen LogP contribution in [0.25, 0.3) is 16.6 Å². The van der Waals surface area contributed by atoms with Crippen LogP contribution in [0.15, 0.2) is 49.1 Å². The lowest BCUT2D eigenvalue weighted by Crippen LogP contribution is -2.22. The first-order valence-corrected chi connectivity index (χ1v) is 9.97. The van der Waals surface area contributed by atoms with E-state index in [2.05, 4.69) is 20.4 Å². The number of esters is 1. The van der Waals surface area contributed by atoms with Crippen molar-refractivity contribution in [3.8, 4) is 17.2 Å². The summed E-state index contributed by atoms with van der Waals surface area (Å²) in [6, 6.07) is 7.56. The minimum atomic E-state index is -4.63. The standard InChI is InChI=1S/C22H18F3N5O5/c1-33-14-5-12-6-16(29-20(12)18(8-14)34-2)21(32)35-9-19(31)28-15-7-13(22(23,24)25)3-4-17(15)30-11-26-10-27-30/h3-8,10-11,29H,9H2,1-2H3,(H,28,31). The average Bonchev–Trinajstić information content (AvgIpc) is 3.51. The van der Waals surface area contributed by atoms with Gasteiger partial charge in [0.15, 0.2) is 6.61 Å². The molecule has 4 rings (SSSR count). The Kier molecular flexibility index (Phi) is 6.32. The van der Waals surface area contributed by atoms with Gasteiger partial charge in [-0.3, -0.25) is 4.79 Å². The van der Waals surface area contributed by atoms with Crippen molar-refractivity contribution in [3.63, 3.8) is 0 Å². The second-order valence-electron chi connectivity index (χ2n) is 7.17. The van der Waals surface area contributed by atoms with Crippen LogP contribution in [0.2, 0.25) is 0 Å². The number of carbonyl (C=O) groups is 2. The number of methoxy groups -OCH3 is 2. The van der Waals surface area contributed by atoms with Crippen molar-refractivity contribution in [1.29, 1.82) is 0 Å². The number of ether oxygens (including phenoxy) is 3. The van der Waals surface area contributed by atoms with E-state index >= 15 is 0 Å². The maximum atomic E-state index is 13.2. The Morgan fingerprint density at radius 3 is 2.57 bits per heavy atom. The highest BCUT2D eigenvalue weighted by molar-refractivity contribution is 5.99. The van der Waals surface area contributed by atoms with Gasteiger partial charge in [-0.1, -0.05) is 0 Å². The minimum Gasteiger partial charge on any atom is -0.497 e. The summed E-state index contributed by atoms with van der Waals surface area (Å²) in [6.07, 6.45) is -2.18. The predicted molar refractivity (Wildman–Crippen MR) is 117 cm³/mol. The quantitative estimate of drug-likeness (QED) is 0.381. The highest BCUT2D eigenvalue weighted by Gasteiger charge is 2.31. The zero-order valence-electron chi connectivity index (χ0n) is 18.3. The van der Waals surface area contributed by atoms with E-state index in [1.165, 1.54) is 37.6 Å². The number of benzene rings is 2. The largest absolute Gasteiger partial charge is 0.497 e. The molecule has 0 aliphatic rings. The maximum Gasteiger partial charge on any atom is 0.416 e. The van der Waals surface area contributed by atoms with E-state index in [1.807, 2.05) is 0 Å². The van der Waals surface area contributed by atoms with Gasteiger partial charge in [-0.25, -0.2) is 14.5 Å². The zero-order chi connectivity index (χ0) is 25.2. The number of alkyl halides is 3. The summed E-state index contributed by atoms with van der Waals surface area (Å²) >= 11 is 0. The van der Waals surface area contributed by atoms with Gasteiger partial charge in [0.05, 0.1) is 36.7 Å². The van der Waals surface area contributed by atoms with Crippen molar-refractivity contribution in [2.75, 3.05) is 26.1 Å². The van der Waals surface area contributed by atoms with Crippen molar-refractivity contribution in [2.45, 2.75) is 6.18 Å². The highest BCUT2D eigenvalue weighted by atomic mass is 19.4. The Morgan fingerprint density at radius 1 is 1.11 bits per heavy atom. The van der Waals surface area contributed by atoms with Crippen LogP contribution in [-0.2, 0) is 15.7 Å². The number of carbonyl (C=O) groups excluding carboxylic acids is 2. The fourth-order valence-corrected chi connectivity index (χ4v) is 3.31. The first-order chi connectivity index (χ1) is 16.7. The first-order valence-electron chi connectivity index (χ1n) is 9.97. The molecule has 4 aromatic rings. The molecule has 182 valence electrons. The van der Waals surface area contributed by atoms with Gasteiger partial charge in [-0.2, -0.15) is 18.3 Å². The molecule has 0 unspecified atom stereocenters. The molecule has 0 aliphatic heterocycles. The summed E-state index contributed by atoms with van der Waals surface area (Å²) in [5.41, 5.74) is -0.454. The number of hydrogen-bond donors (Lipinski definition) is 2. The van der Waals surface area contributed by atoms with Crippen molar-refractivity contribution < 1.29 is 37.0 Å². The van der Waals surface area contributed by atoms with Gasteiger partial charge >= 0.3 is 12.1 Å². The molecule has 13 heteroatoms. The Balaban J connectivity index is 1.50. The average molecular weight is 489 g/mol. The molecule has 2 aromatic carbocycles. The lowest BCUT2D eigenvalue weighted by molar-refractivity contribution is -0.137. The van der Waals surface area contributed by atoms with Crippen LogP contribution < -0.4 is 14.8 Å². The number of hydrogen-bond acceptors (Lipinski definition) is 7. The van der Waals surface area contributed by atoms with Crippen molar-refractivity contribution in [2.24, 2.45) is 0 Å². The molecule has 0 bridgehead atoms. The van der Waals surface area contributed by atoms with Gasteiger partial charge in [-0.05, 0) is 30.3 Å². The second kappa shape index (κ2) is 9.37. The summed E-state index contributed by atoms with van der Waals surface area (Å²) in [4.78, 5) is 31.5. The van der Waals surface area contributed by atoms with Crippen molar-refractivity contribution in [3.05, 3.63) is 60.3 Å². The molecular weight excluding hydrogens is 471 g/mol. The summed E-state index contributed by atoms with van der Waals surface area (Å²) in [6.45, 7) is -0.748. The Bertz CT molecular complexity index is 1380. The second-order valence-corrected chi connectivity index (χ2v) is 7.17. The number of halogens is 3. The van der Waals surface area contributed by atoms with Crippen LogP contribution in [0.4, 0.5) is 18.9 Å². The van der Waals surface area contributed by atoms with Crippen LogP contribution in [0, 0.1) is 0 Å². The van der Waals surface area contributed by atoms with Crippen LogP contribution >= 0.6 is 0 Å². The van der Waals surface area contributed by atoms with Crippen LogP contribution in [0.1, 0.15) is 16.1 Å². The molecule has 1 amide bonds. The van der Waals surface area contributed by atoms with E-state index in [-0.39, 0.29) is 17.1 Å². The van der Waals surface area contributed by atoms with Gasteiger partial charge in [0.1, 0.15) is 29.8 Å². The zero-order valence-corrected chi connectivity index (χ0v) is 18.3. The monoisotopic (exact) mass is 489 g/mol. The Hall–Kier alpha value is -4.55. The third kappa shape index (κ3) is 5.03. The molecule has 10 nitrogen and oxygen atoms in total. The van der Waals surface area contributed by atoms with Crippen LogP contribution in [-0.4, -0.2) is 52.5 Å². The minimum absolute atomic E-state index is 0.0433. The van der Waals surface area contributed by atoms with E-state index < -0.39 is 30.2 Å². The third-order valence-corrected chi connectivity index (χ3v) is 4.94. The summed E-state index contributed by atoms with van der Waals surface area (Å²) in [5, 5.41) is 6.81. The molecular formula is C22H18F3N5O5. The summed E-state index contributed by atoms with van der Waals surface area (Å²) < 4.78 is 56.2. The molecule has 0 atom stereocenters.